The van der Waals surface area contributed by atoms with Gasteiger partial charge in [-0.05, 0) is 24.5 Å². The van der Waals surface area contributed by atoms with E-state index in [-0.39, 0.29) is 0 Å². The number of nitrogens with zero attached hydrogens (tertiary/aromatic N) is 3. The smallest absolute Gasteiger partial charge is 0.160 e. The van der Waals surface area contributed by atoms with Gasteiger partial charge in [-0.1, -0.05) is 44.6 Å². The average molecular weight is 334 g/mol. The molecule has 3 aromatic heterocycles. The molecule has 3 aromatic rings. The molecular weight excluding hydrogens is 308 g/mol. The molecule has 0 spiro atoms. The van der Waals surface area contributed by atoms with Crippen LogP contribution in [0.15, 0.2) is 49.2 Å². The van der Waals surface area contributed by atoms with Crippen molar-refractivity contribution in [1.29, 1.82) is 0 Å². The molecule has 3 heterocycles. The molecule has 1 saturated carbocycles. The van der Waals surface area contributed by atoms with E-state index in [2.05, 4.69) is 38.0 Å². The number of hydrogen-bond acceptors (Lipinski definition) is 3. The van der Waals surface area contributed by atoms with Crippen molar-refractivity contribution in [3.8, 4) is 11.1 Å². The summed E-state index contributed by atoms with van der Waals surface area (Å²) in [6.45, 7) is 1.02. The SMILES string of the molecule is c1cncc(-c2cc(NCCC3CCCCCC3)c3nccn3c2)c1. The minimum Gasteiger partial charge on any atom is -0.382 e. The lowest BCUT2D eigenvalue weighted by molar-refractivity contribution is 0.439. The predicted octanol–water partition coefficient (Wildman–Crippen LogP) is 5.17. The van der Waals surface area contributed by atoms with Gasteiger partial charge in [0.15, 0.2) is 5.65 Å². The van der Waals surface area contributed by atoms with Crippen LogP contribution >= 0.6 is 0 Å². The number of nitrogens with one attached hydrogen (secondary N) is 1. The van der Waals surface area contributed by atoms with Gasteiger partial charge in [0.2, 0.25) is 0 Å². The van der Waals surface area contributed by atoms with Crippen molar-refractivity contribution in [3.63, 3.8) is 0 Å². The Morgan fingerprint density at radius 1 is 1.08 bits per heavy atom. The number of pyridine rings is 2. The lowest BCUT2D eigenvalue weighted by Crippen LogP contribution is -2.09. The first-order valence-electron chi connectivity index (χ1n) is 9.51. The molecule has 0 bridgehead atoms. The van der Waals surface area contributed by atoms with Crippen LogP contribution in [0.3, 0.4) is 0 Å². The zero-order valence-electron chi connectivity index (χ0n) is 14.7. The largest absolute Gasteiger partial charge is 0.382 e. The Hall–Kier alpha value is -2.36. The molecule has 4 rings (SSSR count). The molecule has 130 valence electrons. The van der Waals surface area contributed by atoms with Crippen LogP contribution in [-0.4, -0.2) is 20.9 Å². The van der Waals surface area contributed by atoms with Gasteiger partial charge in [0.25, 0.3) is 0 Å². The summed E-state index contributed by atoms with van der Waals surface area (Å²) in [4.78, 5) is 8.76. The second kappa shape index (κ2) is 7.68. The Morgan fingerprint density at radius 3 is 2.76 bits per heavy atom. The van der Waals surface area contributed by atoms with Gasteiger partial charge in [-0.15, -0.1) is 0 Å². The van der Waals surface area contributed by atoms with Gasteiger partial charge in [0, 0.05) is 48.7 Å². The van der Waals surface area contributed by atoms with Crippen LogP contribution in [0.2, 0.25) is 0 Å². The molecule has 1 aliphatic rings. The maximum atomic E-state index is 4.52. The molecule has 1 fully saturated rings. The third kappa shape index (κ3) is 3.84. The van der Waals surface area contributed by atoms with Crippen LogP contribution < -0.4 is 5.32 Å². The van der Waals surface area contributed by atoms with E-state index in [1.807, 2.05) is 30.9 Å². The van der Waals surface area contributed by atoms with E-state index in [1.165, 1.54) is 44.9 Å². The minimum absolute atomic E-state index is 0.882. The Kier molecular flexibility index (Phi) is 4.96. The number of anilines is 1. The average Bonchev–Trinajstić information content (AvgIpc) is 2.98. The van der Waals surface area contributed by atoms with Gasteiger partial charge in [0.1, 0.15) is 0 Å². The van der Waals surface area contributed by atoms with Crippen molar-refractivity contribution >= 4 is 11.3 Å². The van der Waals surface area contributed by atoms with Crippen molar-refractivity contribution in [1.82, 2.24) is 14.4 Å². The highest BCUT2D eigenvalue weighted by Gasteiger charge is 2.13. The van der Waals surface area contributed by atoms with E-state index in [0.29, 0.717) is 0 Å². The Balaban J connectivity index is 1.51. The lowest BCUT2D eigenvalue weighted by atomic mass is 9.97. The van der Waals surface area contributed by atoms with E-state index in [9.17, 15) is 0 Å². The fourth-order valence-electron chi connectivity index (χ4n) is 3.92. The van der Waals surface area contributed by atoms with E-state index in [4.69, 9.17) is 0 Å². The van der Waals surface area contributed by atoms with Crippen molar-refractivity contribution in [2.45, 2.75) is 44.9 Å². The van der Waals surface area contributed by atoms with E-state index < -0.39 is 0 Å². The molecule has 0 aromatic carbocycles. The third-order valence-electron chi connectivity index (χ3n) is 5.33. The van der Waals surface area contributed by atoms with Crippen molar-refractivity contribution in [2.24, 2.45) is 5.92 Å². The minimum atomic E-state index is 0.882. The van der Waals surface area contributed by atoms with Crippen LogP contribution in [-0.2, 0) is 0 Å². The van der Waals surface area contributed by atoms with Crippen LogP contribution in [0.25, 0.3) is 16.8 Å². The van der Waals surface area contributed by atoms with Gasteiger partial charge in [0.05, 0.1) is 5.69 Å². The fraction of sp³-hybridized carbons (Fsp3) is 0.429. The summed E-state index contributed by atoms with van der Waals surface area (Å²) >= 11 is 0. The zero-order chi connectivity index (χ0) is 16.9. The van der Waals surface area contributed by atoms with Gasteiger partial charge >= 0.3 is 0 Å². The molecule has 0 aliphatic heterocycles. The second-order valence-corrected chi connectivity index (χ2v) is 7.12. The number of hydrogen-bond donors (Lipinski definition) is 1. The van der Waals surface area contributed by atoms with E-state index in [0.717, 1.165) is 34.9 Å². The molecule has 25 heavy (non-hydrogen) atoms. The topological polar surface area (TPSA) is 42.2 Å². The summed E-state index contributed by atoms with van der Waals surface area (Å²) in [5, 5.41) is 3.65. The first-order valence-corrected chi connectivity index (χ1v) is 9.51. The van der Waals surface area contributed by atoms with Gasteiger partial charge in [-0.3, -0.25) is 4.98 Å². The Morgan fingerprint density at radius 2 is 1.96 bits per heavy atom. The second-order valence-electron chi connectivity index (χ2n) is 7.12. The van der Waals surface area contributed by atoms with Crippen LogP contribution in [0.1, 0.15) is 44.9 Å². The van der Waals surface area contributed by atoms with Gasteiger partial charge in [-0.2, -0.15) is 0 Å². The number of aromatic nitrogens is 3. The summed E-state index contributed by atoms with van der Waals surface area (Å²) in [7, 11) is 0. The molecule has 0 amide bonds. The molecule has 0 atom stereocenters. The maximum absolute atomic E-state index is 4.52. The summed E-state index contributed by atoms with van der Waals surface area (Å²) in [5.74, 6) is 0.882. The Bertz CT molecular complexity index is 801. The zero-order valence-corrected chi connectivity index (χ0v) is 14.7. The molecule has 0 radical (unpaired) electrons. The van der Waals surface area contributed by atoms with Crippen molar-refractivity contribution in [3.05, 3.63) is 49.2 Å². The molecule has 1 aliphatic carbocycles. The number of imidazole rings is 1. The monoisotopic (exact) mass is 334 g/mol. The van der Waals surface area contributed by atoms with E-state index in [1.54, 1.807) is 0 Å². The highest BCUT2D eigenvalue weighted by molar-refractivity contribution is 5.76. The molecule has 4 nitrogen and oxygen atoms in total. The van der Waals surface area contributed by atoms with Crippen molar-refractivity contribution in [2.75, 3.05) is 11.9 Å². The molecule has 0 unspecified atom stereocenters. The number of rotatable bonds is 5. The van der Waals surface area contributed by atoms with Gasteiger partial charge in [-0.25, -0.2) is 4.98 Å². The van der Waals surface area contributed by atoms with Gasteiger partial charge < -0.3 is 9.72 Å². The fourth-order valence-corrected chi connectivity index (χ4v) is 3.92. The lowest BCUT2D eigenvalue weighted by Gasteiger charge is -2.16. The number of fused-ring (bicyclic) bond motifs is 1. The molecule has 0 saturated heterocycles. The van der Waals surface area contributed by atoms with Crippen LogP contribution in [0.5, 0.6) is 0 Å². The quantitative estimate of drug-likeness (QED) is 0.655. The first kappa shape index (κ1) is 16.1. The van der Waals surface area contributed by atoms with Crippen molar-refractivity contribution < 1.29 is 0 Å². The van der Waals surface area contributed by atoms with Crippen LogP contribution in [0.4, 0.5) is 5.69 Å². The molecular formula is C21H26N4. The summed E-state index contributed by atoms with van der Waals surface area (Å²) in [6, 6.07) is 6.28. The van der Waals surface area contributed by atoms with Crippen LogP contribution in [0, 0.1) is 5.92 Å². The molecule has 4 heteroatoms. The summed E-state index contributed by atoms with van der Waals surface area (Å²) < 4.78 is 2.09. The normalized spacial score (nSPS) is 16.0. The first-order chi connectivity index (χ1) is 12.4. The summed E-state index contributed by atoms with van der Waals surface area (Å²) in [6.07, 6.45) is 19.4. The maximum Gasteiger partial charge on any atom is 0.160 e. The highest BCUT2D eigenvalue weighted by atomic mass is 15.0. The summed E-state index contributed by atoms with van der Waals surface area (Å²) in [5.41, 5.74) is 4.40. The predicted molar refractivity (Wildman–Crippen MR) is 103 cm³/mol. The Labute approximate surface area is 149 Å². The highest BCUT2D eigenvalue weighted by Crippen LogP contribution is 2.27. The third-order valence-corrected chi connectivity index (χ3v) is 5.33. The van der Waals surface area contributed by atoms with E-state index >= 15 is 0 Å². The molecule has 1 N–H and O–H groups in total. The standard InChI is InChI=1S/C21H26N4/c1-2-4-7-17(6-3-1)9-11-23-20-14-19(18-8-5-10-22-15-18)16-25-13-12-24-21(20)25/h5,8,10,12-17,23H,1-4,6-7,9,11H2.